The molecule has 4 rings (SSSR count). The van der Waals surface area contributed by atoms with E-state index in [-0.39, 0.29) is 52.4 Å². The molecule has 1 atom stereocenters. The van der Waals surface area contributed by atoms with Gasteiger partial charge in [-0.2, -0.15) is 0 Å². The van der Waals surface area contributed by atoms with Gasteiger partial charge >= 0.3 is 11.6 Å². The van der Waals surface area contributed by atoms with E-state index in [4.69, 9.17) is 24.4 Å². The monoisotopic (exact) mass is 467 g/mol. The molecule has 1 aromatic heterocycles. The minimum Gasteiger partial charge on any atom is -0.506 e. The van der Waals surface area contributed by atoms with Gasteiger partial charge in [0.05, 0.1) is 18.9 Å². The van der Waals surface area contributed by atoms with Crippen molar-refractivity contribution in [3.8, 4) is 23.0 Å². The summed E-state index contributed by atoms with van der Waals surface area (Å²) in [5.74, 6) is -2.59. The van der Waals surface area contributed by atoms with Gasteiger partial charge in [0.25, 0.3) is 5.91 Å². The van der Waals surface area contributed by atoms with Crippen molar-refractivity contribution in [2.45, 2.75) is 26.2 Å². The number of phenols is 1. The Bertz CT molecular complexity index is 1420. The largest absolute Gasteiger partial charge is 0.506 e. The lowest BCUT2D eigenvalue weighted by atomic mass is 9.82. The highest BCUT2D eigenvalue weighted by Crippen LogP contribution is 2.50. The fraction of sp³-hybridized carbons (Fsp3) is 0.250. The number of fused-ring (bicyclic) bond motifs is 3. The number of aromatic hydroxyl groups is 1. The van der Waals surface area contributed by atoms with Crippen LogP contribution in [-0.2, 0) is 9.59 Å². The zero-order chi connectivity index (χ0) is 24.7. The summed E-state index contributed by atoms with van der Waals surface area (Å²) in [6, 6.07) is 6.00. The van der Waals surface area contributed by atoms with E-state index in [0.717, 1.165) is 0 Å². The second kappa shape index (κ2) is 8.54. The van der Waals surface area contributed by atoms with Crippen molar-refractivity contribution in [1.82, 2.24) is 0 Å². The second-order valence-electron chi connectivity index (χ2n) is 7.87. The zero-order valence-corrected chi connectivity index (χ0v) is 18.6. The highest BCUT2D eigenvalue weighted by Gasteiger charge is 2.37. The lowest BCUT2D eigenvalue weighted by Crippen LogP contribution is -2.24. The van der Waals surface area contributed by atoms with Gasteiger partial charge < -0.3 is 29.5 Å². The summed E-state index contributed by atoms with van der Waals surface area (Å²) in [7, 11) is 1.41. The van der Waals surface area contributed by atoms with E-state index in [1.54, 1.807) is 25.1 Å². The molecule has 176 valence electrons. The number of Topliss-reactive ketones (excluding diaryl/α,β-unsaturated/α-hetero) is 1. The average Bonchev–Trinajstić information content (AvgIpc) is 2.76. The molecule has 3 aromatic rings. The number of ether oxygens (including phenoxy) is 3. The molecule has 34 heavy (non-hydrogen) atoms. The number of nitrogens with two attached hydrogens (primary N) is 1. The summed E-state index contributed by atoms with van der Waals surface area (Å²) in [6.45, 7) is 2.48. The van der Waals surface area contributed by atoms with Crippen molar-refractivity contribution in [1.29, 1.82) is 0 Å². The number of hydrogen-bond acceptors (Lipinski definition) is 9. The Balaban J connectivity index is 2.01. The standard InChI is InChI=1S/C24H21NO9/c1-10-6-17(28)33-23-19(10)22(30)20(11(2)26)24-21(23)13(8-18(29)34-24)12-4-5-14(15(7-12)31-3)32-9-16(25)27/h4-7,13,30H,8-9H2,1-3H3,(H2,25,27)/t13-/m0/s1. The molecule has 0 spiro atoms. The van der Waals surface area contributed by atoms with E-state index in [0.29, 0.717) is 11.1 Å². The summed E-state index contributed by atoms with van der Waals surface area (Å²) in [4.78, 5) is 48.3. The summed E-state index contributed by atoms with van der Waals surface area (Å²) in [5, 5.41) is 11.0. The number of ketones is 1. The van der Waals surface area contributed by atoms with Gasteiger partial charge in [-0.15, -0.1) is 0 Å². The highest BCUT2D eigenvalue weighted by atomic mass is 16.5. The van der Waals surface area contributed by atoms with Crippen molar-refractivity contribution in [3.05, 3.63) is 56.9 Å². The number of benzene rings is 2. The van der Waals surface area contributed by atoms with Crippen LogP contribution < -0.4 is 25.6 Å². The van der Waals surface area contributed by atoms with Gasteiger partial charge in [0, 0.05) is 17.5 Å². The Kier molecular flexibility index (Phi) is 5.74. The first kappa shape index (κ1) is 22.8. The van der Waals surface area contributed by atoms with E-state index < -0.39 is 35.0 Å². The van der Waals surface area contributed by atoms with E-state index in [9.17, 15) is 24.3 Å². The molecule has 1 amide bonds. The van der Waals surface area contributed by atoms with Crippen molar-refractivity contribution in [3.63, 3.8) is 0 Å². The third-order valence-corrected chi connectivity index (χ3v) is 5.60. The Hall–Kier alpha value is -4.34. The van der Waals surface area contributed by atoms with E-state index in [1.165, 1.54) is 20.1 Å². The molecular formula is C24H21NO9. The van der Waals surface area contributed by atoms with E-state index >= 15 is 0 Å². The van der Waals surface area contributed by atoms with Crippen LogP contribution in [0.2, 0.25) is 0 Å². The Labute approximate surface area is 192 Å². The lowest BCUT2D eigenvalue weighted by molar-refractivity contribution is -0.135. The average molecular weight is 467 g/mol. The molecule has 0 radical (unpaired) electrons. The summed E-state index contributed by atoms with van der Waals surface area (Å²) < 4.78 is 21.6. The molecule has 1 aliphatic rings. The van der Waals surface area contributed by atoms with Crippen LogP contribution in [0.5, 0.6) is 23.0 Å². The van der Waals surface area contributed by atoms with Crippen LogP contribution in [0.25, 0.3) is 11.0 Å². The quantitative estimate of drug-likeness (QED) is 0.240. The van der Waals surface area contributed by atoms with Crippen molar-refractivity contribution in [2.24, 2.45) is 5.73 Å². The molecule has 2 heterocycles. The van der Waals surface area contributed by atoms with Gasteiger partial charge in [0.1, 0.15) is 16.9 Å². The van der Waals surface area contributed by atoms with Gasteiger partial charge in [0.15, 0.2) is 29.6 Å². The number of primary amides is 1. The molecule has 0 fully saturated rings. The second-order valence-corrected chi connectivity index (χ2v) is 7.87. The maximum absolute atomic E-state index is 12.5. The molecule has 2 aromatic carbocycles. The first-order valence-corrected chi connectivity index (χ1v) is 10.3. The lowest BCUT2D eigenvalue weighted by Gasteiger charge is -2.28. The fourth-order valence-corrected chi connectivity index (χ4v) is 4.19. The number of amides is 1. The van der Waals surface area contributed by atoms with Gasteiger partial charge in [-0.05, 0) is 37.1 Å². The third kappa shape index (κ3) is 3.83. The van der Waals surface area contributed by atoms with Crippen LogP contribution in [0.4, 0.5) is 0 Å². The van der Waals surface area contributed by atoms with Crippen LogP contribution in [0.1, 0.15) is 46.3 Å². The van der Waals surface area contributed by atoms with Crippen molar-refractivity contribution in [2.75, 3.05) is 13.7 Å². The number of esters is 1. The SMILES string of the molecule is COc1cc([C@@H]2CC(=O)Oc3c(C(C)=O)c(O)c4c(C)cc(=O)oc4c32)ccc1OCC(N)=O. The van der Waals surface area contributed by atoms with Gasteiger partial charge in [-0.25, -0.2) is 4.79 Å². The van der Waals surface area contributed by atoms with Gasteiger partial charge in [-0.3, -0.25) is 14.4 Å². The van der Waals surface area contributed by atoms with Crippen LogP contribution in [0.3, 0.4) is 0 Å². The third-order valence-electron chi connectivity index (χ3n) is 5.60. The molecule has 0 bridgehead atoms. The Morgan fingerprint density at radius 2 is 1.94 bits per heavy atom. The first-order chi connectivity index (χ1) is 16.1. The topological polar surface area (TPSA) is 155 Å². The van der Waals surface area contributed by atoms with Crippen LogP contribution in [0, 0.1) is 6.92 Å². The normalized spacial score (nSPS) is 14.9. The van der Waals surface area contributed by atoms with Gasteiger partial charge in [0.2, 0.25) is 0 Å². The van der Waals surface area contributed by atoms with Crippen LogP contribution in [0.15, 0.2) is 33.5 Å². The predicted octanol–water partition coefficient (Wildman–Crippen LogP) is 2.32. The molecule has 3 N–H and O–H groups in total. The number of carbonyl (C=O) groups is 3. The molecule has 0 unspecified atom stereocenters. The molecule has 10 nitrogen and oxygen atoms in total. The number of methoxy groups -OCH3 is 1. The van der Waals surface area contributed by atoms with Crippen LogP contribution in [-0.4, -0.2) is 36.5 Å². The van der Waals surface area contributed by atoms with Crippen molar-refractivity contribution >= 4 is 28.6 Å². The molecule has 0 saturated carbocycles. The molecule has 0 saturated heterocycles. The highest BCUT2D eigenvalue weighted by molar-refractivity contribution is 6.09. The van der Waals surface area contributed by atoms with Crippen LogP contribution >= 0.6 is 0 Å². The number of rotatable bonds is 6. The predicted molar refractivity (Wildman–Crippen MR) is 119 cm³/mol. The minimum atomic E-state index is -0.707. The maximum atomic E-state index is 12.5. The maximum Gasteiger partial charge on any atom is 0.336 e. The smallest absolute Gasteiger partial charge is 0.336 e. The number of hydrogen-bond donors (Lipinski definition) is 2. The Morgan fingerprint density at radius 1 is 1.21 bits per heavy atom. The summed E-state index contributed by atoms with van der Waals surface area (Å²) >= 11 is 0. The molecular weight excluding hydrogens is 446 g/mol. The fourth-order valence-electron chi connectivity index (χ4n) is 4.19. The number of aryl methyl sites for hydroxylation is 1. The number of phenolic OH excluding ortho intramolecular Hbond substituents is 1. The first-order valence-electron chi connectivity index (χ1n) is 10.3. The summed E-state index contributed by atoms with van der Waals surface area (Å²) in [6.07, 6.45) is -0.132. The number of carbonyl (C=O) groups excluding carboxylic acids is 3. The van der Waals surface area contributed by atoms with E-state index in [1.807, 2.05) is 0 Å². The molecule has 0 aliphatic carbocycles. The Morgan fingerprint density at radius 3 is 2.59 bits per heavy atom. The zero-order valence-electron chi connectivity index (χ0n) is 18.6. The molecule has 10 heteroatoms. The van der Waals surface area contributed by atoms with Gasteiger partial charge in [-0.1, -0.05) is 6.07 Å². The van der Waals surface area contributed by atoms with Crippen molar-refractivity contribution < 1.29 is 38.1 Å². The molecule has 1 aliphatic heterocycles. The minimum absolute atomic E-state index is 0.0213. The van der Waals surface area contributed by atoms with E-state index in [2.05, 4.69) is 0 Å². The summed E-state index contributed by atoms with van der Waals surface area (Å²) in [5.41, 5.74) is 5.57.